The van der Waals surface area contributed by atoms with E-state index in [1.165, 1.54) is 0 Å². The Labute approximate surface area is 128 Å². The Kier molecular flexibility index (Phi) is 5.00. The maximum Gasteiger partial charge on any atom is 0.254 e. The molecule has 0 aliphatic rings. The molecule has 0 atom stereocenters. The second kappa shape index (κ2) is 6.95. The Balaban J connectivity index is 2.19. The number of methoxy groups -OCH3 is 1. The molecule has 2 rings (SSSR count). The molecule has 5 nitrogen and oxygen atoms in total. The third-order valence-electron chi connectivity index (χ3n) is 2.97. The zero-order valence-electron chi connectivity index (χ0n) is 11.8. The van der Waals surface area contributed by atoms with Crippen LogP contribution in [0.5, 0.6) is 5.75 Å². The number of aromatic nitrogens is 1. The lowest BCUT2D eigenvalue weighted by atomic mass is 10.2. The van der Waals surface area contributed by atoms with E-state index >= 15 is 0 Å². The maximum absolute atomic E-state index is 11.8. The molecule has 0 bridgehead atoms. The molecule has 2 aromatic rings. The van der Waals surface area contributed by atoms with E-state index in [0.29, 0.717) is 28.7 Å². The van der Waals surface area contributed by atoms with Crippen LogP contribution in [0.3, 0.4) is 0 Å². The first-order valence-corrected chi connectivity index (χ1v) is 6.77. The van der Waals surface area contributed by atoms with E-state index < -0.39 is 0 Å². The number of benzene rings is 1. The summed E-state index contributed by atoms with van der Waals surface area (Å²) in [5.74, 6) is 1.02. The minimum atomic E-state index is -0.186. The highest BCUT2D eigenvalue weighted by molar-refractivity contribution is 6.30. The summed E-state index contributed by atoms with van der Waals surface area (Å²) in [6.45, 7) is 0.474. The van der Waals surface area contributed by atoms with Gasteiger partial charge in [-0.3, -0.25) is 4.79 Å². The fraction of sp³-hybridized carbons (Fsp3) is 0.200. The number of hydrogen-bond donors (Lipinski definition) is 2. The maximum atomic E-state index is 11.8. The number of anilines is 1. The largest absolute Gasteiger partial charge is 0.496 e. The first-order chi connectivity index (χ1) is 10.2. The summed E-state index contributed by atoms with van der Waals surface area (Å²) in [6, 6.07) is 8.85. The van der Waals surface area contributed by atoms with Crippen LogP contribution >= 0.6 is 11.6 Å². The number of halogens is 1. The molecule has 110 valence electrons. The van der Waals surface area contributed by atoms with Crippen molar-refractivity contribution in [2.45, 2.75) is 6.54 Å². The third kappa shape index (κ3) is 3.64. The quantitative estimate of drug-likeness (QED) is 0.891. The molecule has 1 amide bonds. The van der Waals surface area contributed by atoms with Gasteiger partial charge in [0.1, 0.15) is 11.6 Å². The Bertz CT molecular complexity index is 647. The summed E-state index contributed by atoms with van der Waals surface area (Å²) >= 11 is 5.93. The van der Waals surface area contributed by atoms with Crippen molar-refractivity contribution in [3.8, 4) is 5.75 Å². The molecule has 0 aliphatic carbocycles. The topological polar surface area (TPSA) is 63.2 Å². The van der Waals surface area contributed by atoms with Crippen LogP contribution in [-0.4, -0.2) is 25.0 Å². The predicted molar refractivity (Wildman–Crippen MR) is 83.0 cm³/mol. The molecule has 0 saturated carbocycles. The van der Waals surface area contributed by atoms with Crippen LogP contribution in [0, 0.1) is 0 Å². The Morgan fingerprint density at radius 3 is 2.90 bits per heavy atom. The number of carbonyl (C=O) groups excluding carboxylic acids is 1. The van der Waals surface area contributed by atoms with Crippen LogP contribution in [0.15, 0.2) is 36.5 Å². The van der Waals surface area contributed by atoms with Crippen molar-refractivity contribution >= 4 is 23.3 Å². The molecule has 0 fully saturated rings. The predicted octanol–water partition coefficient (Wildman–Crippen LogP) is 2.72. The Morgan fingerprint density at radius 1 is 1.38 bits per heavy atom. The number of ether oxygens (including phenoxy) is 1. The van der Waals surface area contributed by atoms with E-state index in [1.54, 1.807) is 44.6 Å². The van der Waals surface area contributed by atoms with E-state index in [9.17, 15) is 4.79 Å². The molecule has 1 aromatic heterocycles. The van der Waals surface area contributed by atoms with Gasteiger partial charge < -0.3 is 15.4 Å². The summed E-state index contributed by atoms with van der Waals surface area (Å²) < 4.78 is 5.29. The van der Waals surface area contributed by atoms with Crippen LogP contribution in [0.2, 0.25) is 5.02 Å². The van der Waals surface area contributed by atoms with Gasteiger partial charge in [0.25, 0.3) is 5.91 Å². The Morgan fingerprint density at radius 2 is 2.19 bits per heavy atom. The zero-order valence-corrected chi connectivity index (χ0v) is 12.6. The van der Waals surface area contributed by atoms with Crippen molar-refractivity contribution in [2.24, 2.45) is 0 Å². The van der Waals surface area contributed by atoms with Gasteiger partial charge in [-0.05, 0) is 24.3 Å². The van der Waals surface area contributed by atoms with E-state index in [4.69, 9.17) is 16.3 Å². The SMILES string of the molecule is CNC(=O)c1cccnc1NCc1ccc(Cl)cc1OC. The highest BCUT2D eigenvalue weighted by Gasteiger charge is 2.11. The molecule has 0 unspecified atom stereocenters. The van der Waals surface area contributed by atoms with E-state index in [1.807, 2.05) is 6.07 Å². The Hall–Kier alpha value is -2.27. The van der Waals surface area contributed by atoms with Crippen LogP contribution < -0.4 is 15.4 Å². The van der Waals surface area contributed by atoms with Crippen molar-refractivity contribution in [2.75, 3.05) is 19.5 Å². The molecule has 1 heterocycles. The van der Waals surface area contributed by atoms with Crippen molar-refractivity contribution in [3.05, 3.63) is 52.7 Å². The molecule has 6 heteroatoms. The standard InChI is InChI=1S/C15H16ClN3O2/c1-17-15(20)12-4-3-7-18-14(12)19-9-10-5-6-11(16)8-13(10)21-2/h3-8H,9H2,1-2H3,(H,17,20)(H,18,19). The van der Waals surface area contributed by atoms with Crippen LogP contribution in [0.25, 0.3) is 0 Å². The van der Waals surface area contributed by atoms with Crippen molar-refractivity contribution in [1.82, 2.24) is 10.3 Å². The van der Waals surface area contributed by atoms with Crippen LogP contribution in [-0.2, 0) is 6.54 Å². The number of hydrogen-bond acceptors (Lipinski definition) is 4. The molecule has 0 spiro atoms. The lowest BCUT2D eigenvalue weighted by Crippen LogP contribution is -2.20. The van der Waals surface area contributed by atoms with Gasteiger partial charge in [-0.2, -0.15) is 0 Å². The van der Waals surface area contributed by atoms with Gasteiger partial charge in [0.2, 0.25) is 0 Å². The van der Waals surface area contributed by atoms with Gasteiger partial charge in [0, 0.05) is 30.4 Å². The third-order valence-corrected chi connectivity index (χ3v) is 3.21. The highest BCUT2D eigenvalue weighted by Crippen LogP contribution is 2.24. The fourth-order valence-corrected chi connectivity index (χ4v) is 2.07. The van der Waals surface area contributed by atoms with Gasteiger partial charge in [-0.1, -0.05) is 17.7 Å². The molecule has 2 N–H and O–H groups in total. The van der Waals surface area contributed by atoms with E-state index in [0.717, 1.165) is 5.56 Å². The number of nitrogens with one attached hydrogen (secondary N) is 2. The summed E-state index contributed by atoms with van der Waals surface area (Å²) in [5.41, 5.74) is 1.42. The molecule has 0 aliphatic heterocycles. The van der Waals surface area contributed by atoms with Gasteiger partial charge in [-0.15, -0.1) is 0 Å². The molecule has 21 heavy (non-hydrogen) atoms. The first kappa shape index (κ1) is 15.1. The molecule has 0 saturated heterocycles. The van der Waals surface area contributed by atoms with E-state index in [-0.39, 0.29) is 5.91 Å². The number of pyridine rings is 1. The summed E-state index contributed by atoms with van der Waals surface area (Å²) in [7, 11) is 3.17. The normalized spacial score (nSPS) is 10.0. The lowest BCUT2D eigenvalue weighted by molar-refractivity contribution is 0.0963. The molecular weight excluding hydrogens is 290 g/mol. The van der Waals surface area contributed by atoms with Crippen molar-refractivity contribution < 1.29 is 9.53 Å². The first-order valence-electron chi connectivity index (χ1n) is 6.39. The molecule has 1 aromatic carbocycles. The molecule has 0 radical (unpaired) electrons. The average Bonchev–Trinajstić information content (AvgIpc) is 2.53. The summed E-state index contributed by atoms with van der Waals surface area (Å²) in [5, 5.41) is 6.34. The fourth-order valence-electron chi connectivity index (χ4n) is 1.91. The lowest BCUT2D eigenvalue weighted by Gasteiger charge is -2.12. The zero-order chi connectivity index (χ0) is 15.2. The smallest absolute Gasteiger partial charge is 0.254 e. The van der Waals surface area contributed by atoms with Crippen LogP contribution in [0.1, 0.15) is 15.9 Å². The summed E-state index contributed by atoms with van der Waals surface area (Å²) in [6.07, 6.45) is 1.63. The van der Waals surface area contributed by atoms with Crippen molar-refractivity contribution in [3.63, 3.8) is 0 Å². The van der Waals surface area contributed by atoms with Gasteiger partial charge in [0.05, 0.1) is 12.7 Å². The van der Waals surface area contributed by atoms with E-state index in [2.05, 4.69) is 15.6 Å². The minimum absolute atomic E-state index is 0.186. The summed E-state index contributed by atoms with van der Waals surface area (Å²) in [4.78, 5) is 16.0. The van der Waals surface area contributed by atoms with Crippen molar-refractivity contribution in [1.29, 1.82) is 0 Å². The monoisotopic (exact) mass is 305 g/mol. The number of rotatable bonds is 5. The highest BCUT2D eigenvalue weighted by atomic mass is 35.5. The van der Waals surface area contributed by atoms with Crippen LogP contribution in [0.4, 0.5) is 5.82 Å². The van der Waals surface area contributed by atoms with Gasteiger partial charge in [-0.25, -0.2) is 4.98 Å². The number of nitrogens with zero attached hydrogens (tertiary/aromatic N) is 1. The number of carbonyl (C=O) groups is 1. The molecular formula is C15H16ClN3O2. The minimum Gasteiger partial charge on any atom is -0.496 e. The van der Waals surface area contributed by atoms with Gasteiger partial charge in [0.15, 0.2) is 0 Å². The number of amides is 1. The second-order valence-electron chi connectivity index (χ2n) is 4.29. The second-order valence-corrected chi connectivity index (χ2v) is 4.72. The average molecular weight is 306 g/mol. The van der Waals surface area contributed by atoms with Gasteiger partial charge >= 0.3 is 0 Å².